The maximum Gasteiger partial charge on any atom is 0.165 e. The topological polar surface area (TPSA) is 81.3 Å². The lowest BCUT2D eigenvalue weighted by atomic mass is 10.2. The van der Waals surface area contributed by atoms with Crippen molar-refractivity contribution in [3.63, 3.8) is 0 Å². The Hall–Kier alpha value is -1.77. The Kier molecular flexibility index (Phi) is 6.05. The molecule has 0 fully saturated rings. The van der Waals surface area contributed by atoms with Gasteiger partial charge in [-0.05, 0) is 18.2 Å². The van der Waals surface area contributed by atoms with Crippen molar-refractivity contribution in [1.29, 1.82) is 0 Å². The van der Waals surface area contributed by atoms with Crippen LogP contribution in [-0.4, -0.2) is 34.6 Å². The molecule has 9 heteroatoms. The van der Waals surface area contributed by atoms with Crippen molar-refractivity contribution < 1.29 is 14.2 Å². The fourth-order valence-corrected chi connectivity index (χ4v) is 3.48. The summed E-state index contributed by atoms with van der Waals surface area (Å²) in [6.45, 7) is -0.286. The molecule has 3 N–H and O–H groups in total. The number of ether oxygens (including phenoxy) is 1. The number of nitrogens with two attached hydrogens (primary N) is 1. The molecule has 0 aliphatic rings. The smallest absolute Gasteiger partial charge is 0.165 e. The van der Waals surface area contributed by atoms with E-state index in [1.807, 2.05) is 12.1 Å². The van der Waals surface area contributed by atoms with E-state index in [1.165, 1.54) is 23.5 Å². The van der Waals surface area contributed by atoms with Crippen molar-refractivity contribution in [3.8, 4) is 26.9 Å². The van der Waals surface area contributed by atoms with Crippen molar-refractivity contribution in [1.82, 2.24) is 10.2 Å². The normalized spacial score (nSPS) is 12.2. The quantitative estimate of drug-likeness (QED) is 0.637. The van der Waals surface area contributed by atoms with Gasteiger partial charge in [-0.25, -0.2) is 4.39 Å². The summed E-state index contributed by atoms with van der Waals surface area (Å²) in [7, 11) is 0. The molecule has 5 nitrogen and oxygen atoms in total. The molecular weight excluding hydrogens is 400 g/mol. The van der Waals surface area contributed by atoms with Crippen LogP contribution in [0.25, 0.3) is 21.1 Å². The zero-order valence-corrected chi connectivity index (χ0v) is 15.7. The van der Waals surface area contributed by atoms with Crippen LogP contribution >= 0.6 is 34.5 Å². The molecule has 136 valence electrons. The van der Waals surface area contributed by atoms with E-state index in [2.05, 4.69) is 10.2 Å². The van der Waals surface area contributed by atoms with Crippen molar-refractivity contribution in [3.05, 3.63) is 52.3 Å². The zero-order chi connectivity index (χ0) is 18.7. The Morgan fingerprint density at radius 2 is 1.96 bits per heavy atom. The first kappa shape index (κ1) is 19.0. The summed E-state index contributed by atoms with van der Waals surface area (Å²) < 4.78 is 19.6. The van der Waals surface area contributed by atoms with Crippen LogP contribution in [-0.2, 0) is 0 Å². The third-order valence-electron chi connectivity index (χ3n) is 3.44. The Bertz CT molecular complexity index is 923. The lowest BCUT2D eigenvalue weighted by Crippen LogP contribution is -2.31. The highest BCUT2D eigenvalue weighted by Gasteiger charge is 2.16. The number of aliphatic hydroxyl groups is 1. The SMILES string of the molecule is N[C@H](CO)COc1cc(Cl)c(-c2nnc(-c3cccc(Cl)c3)s2)cc1F. The number of benzene rings is 2. The first-order chi connectivity index (χ1) is 12.5. The number of halogens is 3. The van der Waals surface area contributed by atoms with E-state index in [-0.39, 0.29) is 24.0 Å². The number of hydrogen-bond donors (Lipinski definition) is 2. The molecule has 1 aromatic heterocycles. The van der Waals surface area contributed by atoms with Crippen LogP contribution in [0.1, 0.15) is 0 Å². The zero-order valence-electron chi connectivity index (χ0n) is 13.3. The standard InChI is InChI=1S/C17H14Cl2FN3O2S/c18-10-3-1-2-9(4-10)16-22-23-17(26-16)12-5-14(20)15(6-13(12)19)25-8-11(21)7-24/h1-6,11,24H,7-8,21H2/t11-/m1/s1. The molecule has 26 heavy (non-hydrogen) atoms. The minimum absolute atomic E-state index is 0.0270. The van der Waals surface area contributed by atoms with Gasteiger partial charge in [-0.3, -0.25) is 0 Å². The largest absolute Gasteiger partial charge is 0.489 e. The molecular formula is C17H14Cl2FN3O2S. The summed E-state index contributed by atoms with van der Waals surface area (Å²) in [4.78, 5) is 0. The van der Waals surface area contributed by atoms with Gasteiger partial charge in [0, 0.05) is 22.2 Å². The highest BCUT2D eigenvalue weighted by Crippen LogP contribution is 2.37. The minimum Gasteiger partial charge on any atom is -0.489 e. The van der Waals surface area contributed by atoms with Gasteiger partial charge in [0.1, 0.15) is 16.6 Å². The highest BCUT2D eigenvalue weighted by molar-refractivity contribution is 7.18. The van der Waals surface area contributed by atoms with Gasteiger partial charge in [0.05, 0.1) is 17.7 Å². The van der Waals surface area contributed by atoms with Gasteiger partial charge in [0.2, 0.25) is 0 Å². The number of rotatable bonds is 6. The van der Waals surface area contributed by atoms with Crippen molar-refractivity contribution in [2.24, 2.45) is 5.73 Å². The lowest BCUT2D eigenvalue weighted by molar-refractivity contribution is 0.202. The monoisotopic (exact) mass is 413 g/mol. The van der Waals surface area contributed by atoms with Gasteiger partial charge < -0.3 is 15.6 Å². The third-order valence-corrected chi connectivity index (χ3v) is 4.99. The van der Waals surface area contributed by atoms with Crippen LogP contribution in [0.15, 0.2) is 36.4 Å². The Morgan fingerprint density at radius 3 is 2.69 bits per heavy atom. The first-order valence-corrected chi connectivity index (χ1v) is 9.13. The molecule has 3 aromatic rings. The van der Waals surface area contributed by atoms with Crippen LogP contribution in [0.4, 0.5) is 4.39 Å². The lowest BCUT2D eigenvalue weighted by Gasteiger charge is -2.12. The van der Waals surface area contributed by atoms with Gasteiger partial charge in [-0.15, -0.1) is 10.2 Å². The summed E-state index contributed by atoms with van der Waals surface area (Å²) in [5.41, 5.74) is 6.77. The van der Waals surface area contributed by atoms with Crippen molar-refractivity contribution in [2.45, 2.75) is 6.04 Å². The van der Waals surface area contributed by atoms with Crippen LogP contribution in [0.3, 0.4) is 0 Å². The molecule has 1 heterocycles. The van der Waals surface area contributed by atoms with E-state index >= 15 is 0 Å². The summed E-state index contributed by atoms with van der Waals surface area (Å²) in [5.74, 6) is -0.642. The molecule has 0 saturated carbocycles. The molecule has 0 radical (unpaired) electrons. The molecule has 2 aromatic carbocycles. The minimum atomic E-state index is -0.603. The van der Waals surface area contributed by atoms with Gasteiger partial charge in [0.15, 0.2) is 11.6 Å². The molecule has 0 bridgehead atoms. The Labute approximate surface area is 163 Å². The predicted molar refractivity (Wildman–Crippen MR) is 101 cm³/mol. The maximum absolute atomic E-state index is 14.3. The number of nitrogens with zero attached hydrogens (tertiary/aromatic N) is 2. The van der Waals surface area contributed by atoms with E-state index in [9.17, 15) is 4.39 Å². The molecule has 0 amide bonds. The van der Waals surface area contributed by atoms with Gasteiger partial charge in [-0.1, -0.05) is 46.7 Å². The fraction of sp³-hybridized carbons (Fsp3) is 0.176. The van der Waals surface area contributed by atoms with Crippen LogP contribution in [0.2, 0.25) is 10.0 Å². The highest BCUT2D eigenvalue weighted by atomic mass is 35.5. The molecule has 1 atom stereocenters. The molecule has 0 aliphatic carbocycles. The molecule has 0 aliphatic heterocycles. The van der Waals surface area contributed by atoms with Gasteiger partial charge in [-0.2, -0.15) is 0 Å². The van der Waals surface area contributed by atoms with Crippen LogP contribution < -0.4 is 10.5 Å². The summed E-state index contributed by atoms with van der Waals surface area (Å²) >= 11 is 13.5. The second-order valence-corrected chi connectivity index (χ2v) is 7.26. The molecule has 0 unspecified atom stereocenters. The number of aliphatic hydroxyl groups excluding tert-OH is 1. The third kappa shape index (κ3) is 4.31. The van der Waals surface area contributed by atoms with Crippen molar-refractivity contribution in [2.75, 3.05) is 13.2 Å². The van der Waals surface area contributed by atoms with E-state index in [0.717, 1.165) is 5.56 Å². The molecule has 3 rings (SSSR count). The van der Waals surface area contributed by atoms with Gasteiger partial charge >= 0.3 is 0 Å². The van der Waals surface area contributed by atoms with Gasteiger partial charge in [0.25, 0.3) is 0 Å². The average molecular weight is 414 g/mol. The Morgan fingerprint density at radius 1 is 1.19 bits per heavy atom. The summed E-state index contributed by atoms with van der Waals surface area (Å²) in [5, 5.41) is 19.1. The number of hydrogen-bond acceptors (Lipinski definition) is 6. The predicted octanol–water partition coefficient (Wildman–Crippen LogP) is 4.02. The van der Waals surface area contributed by atoms with Crippen molar-refractivity contribution >= 4 is 34.5 Å². The van der Waals surface area contributed by atoms with E-state index in [4.69, 9.17) is 38.8 Å². The summed E-state index contributed by atoms with van der Waals surface area (Å²) in [6.07, 6.45) is 0. The molecule has 0 saturated heterocycles. The number of aromatic nitrogens is 2. The average Bonchev–Trinajstić information content (AvgIpc) is 3.11. The maximum atomic E-state index is 14.3. The van der Waals surface area contributed by atoms with Crippen LogP contribution in [0, 0.1) is 5.82 Å². The fourth-order valence-electron chi connectivity index (χ4n) is 2.12. The Balaban J connectivity index is 1.87. The second-order valence-electron chi connectivity index (χ2n) is 5.44. The second kappa shape index (κ2) is 8.28. The van der Waals surface area contributed by atoms with E-state index in [0.29, 0.717) is 20.6 Å². The van der Waals surface area contributed by atoms with Crippen LogP contribution in [0.5, 0.6) is 5.75 Å². The van der Waals surface area contributed by atoms with E-state index in [1.54, 1.807) is 12.1 Å². The first-order valence-electron chi connectivity index (χ1n) is 7.56. The molecule has 0 spiro atoms. The summed E-state index contributed by atoms with van der Waals surface area (Å²) in [6, 6.07) is 9.21. The van der Waals surface area contributed by atoms with E-state index < -0.39 is 11.9 Å².